The molecule has 0 aromatic heterocycles. The van der Waals surface area contributed by atoms with Crippen molar-refractivity contribution in [1.29, 1.82) is 0 Å². The lowest BCUT2D eigenvalue weighted by Gasteiger charge is -2.36. The highest BCUT2D eigenvalue weighted by Crippen LogP contribution is 2.29. The van der Waals surface area contributed by atoms with Gasteiger partial charge in [0.15, 0.2) is 15.8 Å². The van der Waals surface area contributed by atoms with Crippen molar-refractivity contribution in [1.82, 2.24) is 10.6 Å². The Morgan fingerprint density at radius 3 is 2.63 bits per heavy atom. The third-order valence-electron chi connectivity index (χ3n) is 5.77. The number of benzene rings is 1. The van der Waals surface area contributed by atoms with Gasteiger partial charge in [-0.2, -0.15) is 0 Å². The molecule has 2 heterocycles. The number of aliphatic imine (C=N–C) groups is 1. The molecule has 0 radical (unpaired) electrons. The van der Waals surface area contributed by atoms with Gasteiger partial charge in [-0.1, -0.05) is 0 Å². The highest BCUT2D eigenvalue weighted by Gasteiger charge is 2.42. The minimum Gasteiger partial charge on any atom is -0.381 e. The number of anilines is 1. The van der Waals surface area contributed by atoms with Gasteiger partial charge in [-0.3, -0.25) is 4.99 Å². The molecule has 2 saturated heterocycles. The van der Waals surface area contributed by atoms with Crippen LogP contribution >= 0.6 is 24.0 Å². The Labute approximate surface area is 193 Å². The first-order valence-corrected chi connectivity index (χ1v) is 11.6. The molecule has 1 unspecified atom stereocenters. The van der Waals surface area contributed by atoms with E-state index in [2.05, 4.69) is 15.6 Å². The zero-order valence-corrected chi connectivity index (χ0v) is 20.3. The zero-order valence-electron chi connectivity index (χ0n) is 17.2. The number of nitrogens with one attached hydrogen (secondary N) is 2. The van der Waals surface area contributed by atoms with E-state index in [1.54, 1.807) is 7.05 Å². The summed E-state index contributed by atoms with van der Waals surface area (Å²) in [5.41, 5.74) is 0.372. The molecule has 0 bridgehead atoms. The van der Waals surface area contributed by atoms with Crippen LogP contribution in [-0.2, 0) is 14.6 Å². The Morgan fingerprint density at radius 1 is 1.33 bits per heavy atom. The van der Waals surface area contributed by atoms with Gasteiger partial charge in [0.05, 0.1) is 10.4 Å². The number of hydrogen-bond acceptors (Lipinski definition) is 5. The van der Waals surface area contributed by atoms with Crippen LogP contribution in [0.2, 0.25) is 0 Å². The highest BCUT2D eigenvalue weighted by atomic mass is 127. The summed E-state index contributed by atoms with van der Waals surface area (Å²) in [4.78, 5) is 6.06. The predicted molar refractivity (Wildman–Crippen MR) is 125 cm³/mol. The molecule has 11 heteroatoms. The number of guanidine groups is 1. The van der Waals surface area contributed by atoms with Crippen LogP contribution in [0.1, 0.15) is 19.3 Å². The molecular formula is C19H29F2IN4O3S. The molecule has 0 amide bonds. The van der Waals surface area contributed by atoms with Gasteiger partial charge in [-0.15, -0.1) is 24.0 Å². The summed E-state index contributed by atoms with van der Waals surface area (Å²) < 4.78 is 56.4. The summed E-state index contributed by atoms with van der Waals surface area (Å²) in [5, 5.41) is 6.43. The molecule has 0 spiro atoms. The topological polar surface area (TPSA) is 83.0 Å². The molecule has 2 aliphatic rings. The molecule has 0 saturated carbocycles. The molecule has 2 N–H and O–H groups in total. The van der Waals surface area contributed by atoms with Crippen molar-refractivity contribution in [2.24, 2.45) is 4.99 Å². The lowest BCUT2D eigenvalue weighted by molar-refractivity contribution is 0.0756. The van der Waals surface area contributed by atoms with Gasteiger partial charge >= 0.3 is 0 Å². The Bertz CT molecular complexity index is 863. The van der Waals surface area contributed by atoms with Gasteiger partial charge in [0, 0.05) is 58.3 Å². The summed E-state index contributed by atoms with van der Waals surface area (Å²) in [6.07, 6.45) is 2.90. The van der Waals surface area contributed by atoms with E-state index in [1.165, 1.54) is 18.4 Å². The fourth-order valence-corrected chi connectivity index (χ4v) is 5.13. The Hall–Kier alpha value is -1.21. The van der Waals surface area contributed by atoms with Gasteiger partial charge in [0.25, 0.3) is 0 Å². The van der Waals surface area contributed by atoms with Gasteiger partial charge in [-0.05, 0) is 31.4 Å². The molecule has 1 aromatic rings. The first-order valence-electron chi connectivity index (χ1n) is 9.69. The average molecular weight is 558 g/mol. The molecule has 0 aliphatic carbocycles. The van der Waals surface area contributed by atoms with Crippen LogP contribution in [-0.4, -0.2) is 71.3 Å². The third kappa shape index (κ3) is 5.72. The lowest BCUT2D eigenvalue weighted by Crippen LogP contribution is -2.54. The number of rotatable bonds is 5. The van der Waals surface area contributed by atoms with Crippen molar-refractivity contribution in [3.05, 3.63) is 29.8 Å². The van der Waals surface area contributed by atoms with Crippen molar-refractivity contribution in [3.8, 4) is 0 Å². The summed E-state index contributed by atoms with van der Waals surface area (Å²) in [7, 11) is -1.65. The van der Waals surface area contributed by atoms with E-state index in [0.717, 1.165) is 12.5 Å². The maximum atomic E-state index is 14.0. The second-order valence-electron chi connectivity index (χ2n) is 7.67. The van der Waals surface area contributed by atoms with Gasteiger partial charge < -0.3 is 20.3 Å². The third-order valence-corrected chi connectivity index (χ3v) is 7.90. The molecule has 3 rings (SSSR count). The van der Waals surface area contributed by atoms with Crippen LogP contribution in [0.15, 0.2) is 23.2 Å². The summed E-state index contributed by atoms with van der Waals surface area (Å²) in [5.74, 6) is -0.675. The van der Waals surface area contributed by atoms with E-state index in [1.807, 2.05) is 4.90 Å². The van der Waals surface area contributed by atoms with Crippen molar-refractivity contribution >= 4 is 45.5 Å². The number of ether oxygens (including phenoxy) is 1. The summed E-state index contributed by atoms with van der Waals surface area (Å²) in [6.45, 7) is 2.25. The molecule has 2 aliphatic heterocycles. The highest BCUT2D eigenvalue weighted by molar-refractivity contribution is 14.0. The maximum absolute atomic E-state index is 14.0. The molecule has 7 nitrogen and oxygen atoms in total. The van der Waals surface area contributed by atoms with E-state index < -0.39 is 26.2 Å². The van der Waals surface area contributed by atoms with E-state index in [4.69, 9.17) is 4.74 Å². The van der Waals surface area contributed by atoms with Crippen molar-refractivity contribution in [2.45, 2.75) is 30.1 Å². The number of halogens is 3. The second-order valence-corrected chi connectivity index (χ2v) is 10.1. The number of hydrogen-bond donors (Lipinski definition) is 2. The molecule has 2 fully saturated rings. The quantitative estimate of drug-likeness (QED) is 0.327. The number of nitrogens with zero attached hydrogens (tertiary/aromatic N) is 2. The lowest BCUT2D eigenvalue weighted by atomic mass is 9.99. The Morgan fingerprint density at radius 2 is 2.03 bits per heavy atom. The van der Waals surface area contributed by atoms with Crippen molar-refractivity contribution in [3.63, 3.8) is 0 Å². The SMILES string of the molecule is CN=C(NCC1(S(C)(=O)=O)CCOCC1)NC1CCN(c2ccc(F)cc2F)C1.I. The minimum absolute atomic E-state index is 0. The second kappa shape index (κ2) is 10.4. The van der Waals surface area contributed by atoms with Gasteiger partial charge in [-0.25, -0.2) is 17.2 Å². The van der Waals surface area contributed by atoms with E-state index in [9.17, 15) is 17.2 Å². The van der Waals surface area contributed by atoms with Crippen molar-refractivity contribution < 1.29 is 21.9 Å². The minimum atomic E-state index is -3.28. The Balaban J connectivity index is 0.00000320. The van der Waals surface area contributed by atoms with Crippen LogP contribution in [0.4, 0.5) is 14.5 Å². The maximum Gasteiger partial charge on any atom is 0.191 e. The molecule has 1 aromatic carbocycles. The van der Waals surface area contributed by atoms with Crippen LogP contribution in [0.3, 0.4) is 0 Å². The standard InChI is InChI=1S/C19H28F2N4O3S.HI/c1-22-18(23-13-19(29(2,26)27)6-9-28-10-7-19)24-15-5-8-25(12-15)17-4-3-14(20)11-16(17)21;/h3-4,11,15H,5-10,12-13H2,1-2H3,(H2,22,23,24);1H. The number of sulfone groups is 1. The van der Waals surface area contributed by atoms with Gasteiger partial charge in [0.1, 0.15) is 11.6 Å². The van der Waals surface area contributed by atoms with Crippen LogP contribution in [0.5, 0.6) is 0 Å². The van der Waals surface area contributed by atoms with E-state index >= 15 is 0 Å². The normalized spacial score (nSPS) is 21.8. The Kier molecular flexibility index (Phi) is 8.69. The summed E-state index contributed by atoms with van der Waals surface area (Å²) >= 11 is 0. The molecule has 170 valence electrons. The van der Waals surface area contributed by atoms with Crippen LogP contribution < -0.4 is 15.5 Å². The van der Waals surface area contributed by atoms with E-state index in [-0.39, 0.29) is 36.6 Å². The zero-order chi connectivity index (χ0) is 21.1. The summed E-state index contributed by atoms with van der Waals surface area (Å²) in [6, 6.07) is 3.59. The first-order chi connectivity index (χ1) is 13.7. The monoisotopic (exact) mass is 558 g/mol. The van der Waals surface area contributed by atoms with Crippen molar-refractivity contribution in [2.75, 3.05) is 51.1 Å². The predicted octanol–water partition coefficient (Wildman–Crippen LogP) is 1.92. The average Bonchev–Trinajstić information content (AvgIpc) is 3.13. The van der Waals surface area contributed by atoms with Crippen LogP contribution in [0, 0.1) is 11.6 Å². The molecular weight excluding hydrogens is 529 g/mol. The van der Waals surface area contributed by atoms with E-state index in [0.29, 0.717) is 50.8 Å². The smallest absolute Gasteiger partial charge is 0.191 e. The molecule has 1 atom stereocenters. The van der Waals surface area contributed by atoms with Gasteiger partial charge in [0.2, 0.25) is 0 Å². The fourth-order valence-electron chi connectivity index (χ4n) is 3.89. The fraction of sp³-hybridized carbons (Fsp3) is 0.632. The van der Waals surface area contributed by atoms with Crippen LogP contribution in [0.25, 0.3) is 0 Å². The molecule has 30 heavy (non-hydrogen) atoms. The first kappa shape index (κ1) is 25.1. The largest absolute Gasteiger partial charge is 0.381 e.